The van der Waals surface area contributed by atoms with Crippen LogP contribution in [0.1, 0.15) is 32.6 Å². The van der Waals surface area contributed by atoms with E-state index in [2.05, 4.69) is 0 Å². The minimum absolute atomic E-state index is 0.0510. The smallest absolute Gasteiger partial charge is 0.127 e. The monoisotopic (exact) mass is 220 g/mol. The lowest BCUT2D eigenvalue weighted by Crippen LogP contribution is -2.35. The molecular weight excluding hydrogens is 200 g/mol. The molecule has 1 aliphatic carbocycles. The van der Waals surface area contributed by atoms with Crippen LogP contribution >= 0.6 is 0 Å². The fraction of sp³-hybridized carbons (Fsp3) is 0.571. The first-order valence-electron chi connectivity index (χ1n) is 6.17. The highest BCUT2D eigenvalue weighted by Gasteiger charge is 2.30. The van der Waals surface area contributed by atoms with Gasteiger partial charge >= 0.3 is 0 Å². The van der Waals surface area contributed by atoms with Crippen molar-refractivity contribution in [1.29, 1.82) is 0 Å². The maximum Gasteiger partial charge on any atom is 0.127 e. The van der Waals surface area contributed by atoms with Crippen molar-refractivity contribution in [1.82, 2.24) is 0 Å². The van der Waals surface area contributed by atoms with Crippen LogP contribution in [-0.2, 0) is 0 Å². The number of aliphatic hydroxyl groups is 1. The standard InChI is InChI=1S/C14H20O2/c1-11(15)14(12-7-5-6-8-12)16-13-9-3-2-4-10-13/h2-4,9-12,14-15H,5-8H2,1H3. The molecule has 88 valence electrons. The van der Waals surface area contributed by atoms with E-state index in [1.807, 2.05) is 37.3 Å². The molecule has 1 N–H and O–H groups in total. The second kappa shape index (κ2) is 5.35. The van der Waals surface area contributed by atoms with E-state index >= 15 is 0 Å². The lowest BCUT2D eigenvalue weighted by atomic mass is 9.97. The second-order valence-corrected chi connectivity index (χ2v) is 4.68. The average Bonchev–Trinajstić information content (AvgIpc) is 2.80. The van der Waals surface area contributed by atoms with Gasteiger partial charge in [0.15, 0.2) is 0 Å². The van der Waals surface area contributed by atoms with Gasteiger partial charge in [0.2, 0.25) is 0 Å². The van der Waals surface area contributed by atoms with Crippen molar-refractivity contribution in [3.05, 3.63) is 30.3 Å². The average molecular weight is 220 g/mol. The predicted octanol–water partition coefficient (Wildman–Crippen LogP) is 3.01. The number of ether oxygens (including phenoxy) is 1. The minimum atomic E-state index is -0.400. The zero-order valence-corrected chi connectivity index (χ0v) is 9.80. The molecule has 1 fully saturated rings. The summed E-state index contributed by atoms with van der Waals surface area (Å²) in [7, 11) is 0. The van der Waals surface area contributed by atoms with Gasteiger partial charge in [0.1, 0.15) is 11.9 Å². The Labute approximate surface area is 97.3 Å². The Morgan fingerprint density at radius 3 is 2.38 bits per heavy atom. The van der Waals surface area contributed by atoms with Crippen molar-refractivity contribution in [3.8, 4) is 5.75 Å². The Hall–Kier alpha value is -1.02. The highest BCUT2D eigenvalue weighted by atomic mass is 16.5. The summed E-state index contributed by atoms with van der Waals surface area (Å²) in [4.78, 5) is 0. The molecule has 1 aromatic rings. The first-order valence-corrected chi connectivity index (χ1v) is 6.17. The molecule has 1 aliphatic rings. The Balaban J connectivity index is 2.02. The molecule has 0 bridgehead atoms. The maximum atomic E-state index is 9.81. The molecule has 0 radical (unpaired) electrons. The third-order valence-electron chi connectivity index (χ3n) is 3.36. The van der Waals surface area contributed by atoms with Crippen LogP contribution in [0.3, 0.4) is 0 Å². The molecule has 2 unspecified atom stereocenters. The Morgan fingerprint density at radius 2 is 1.81 bits per heavy atom. The van der Waals surface area contributed by atoms with Crippen LogP contribution in [0.5, 0.6) is 5.75 Å². The molecule has 2 heteroatoms. The van der Waals surface area contributed by atoms with E-state index in [-0.39, 0.29) is 6.10 Å². The molecule has 1 aromatic carbocycles. The molecule has 0 aromatic heterocycles. The maximum absolute atomic E-state index is 9.81. The first kappa shape index (κ1) is 11.5. The van der Waals surface area contributed by atoms with E-state index < -0.39 is 6.10 Å². The summed E-state index contributed by atoms with van der Waals surface area (Å²) < 4.78 is 5.91. The van der Waals surface area contributed by atoms with Gasteiger partial charge in [-0.05, 0) is 37.8 Å². The predicted molar refractivity (Wildman–Crippen MR) is 64.5 cm³/mol. The molecule has 2 atom stereocenters. The van der Waals surface area contributed by atoms with Crippen LogP contribution in [0.15, 0.2) is 30.3 Å². The fourth-order valence-electron chi connectivity index (χ4n) is 2.53. The summed E-state index contributed by atoms with van der Waals surface area (Å²) in [6.45, 7) is 1.83. The fourth-order valence-corrected chi connectivity index (χ4v) is 2.53. The zero-order valence-electron chi connectivity index (χ0n) is 9.80. The van der Waals surface area contributed by atoms with Gasteiger partial charge in [0.25, 0.3) is 0 Å². The summed E-state index contributed by atoms with van der Waals surface area (Å²) in [6.07, 6.45) is 4.45. The molecular formula is C14H20O2. The normalized spacial score (nSPS) is 20.6. The molecule has 0 amide bonds. The van der Waals surface area contributed by atoms with Gasteiger partial charge in [-0.25, -0.2) is 0 Å². The molecule has 0 heterocycles. The van der Waals surface area contributed by atoms with Crippen molar-refractivity contribution in [2.24, 2.45) is 5.92 Å². The van der Waals surface area contributed by atoms with E-state index in [1.165, 1.54) is 25.7 Å². The summed E-state index contributed by atoms with van der Waals surface area (Å²) in [5.41, 5.74) is 0. The number of para-hydroxylation sites is 1. The summed E-state index contributed by atoms with van der Waals surface area (Å²) in [5.74, 6) is 1.38. The third kappa shape index (κ3) is 2.76. The summed E-state index contributed by atoms with van der Waals surface area (Å²) in [6, 6.07) is 9.79. The molecule has 2 nitrogen and oxygen atoms in total. The van der Waals surface area contributed by atoms with Crippen molar-refractivity contribution < 1.29 is 9.84 Å². The minimum Gasteiger partial charge on any atom is -0.487 e. The Morgan fingerprint density at radius 1 is 1.19 bits per heavy atom. The van der Waals surface area contributed by atoms with Gasteiger partial charge < -0.3 is 9.84 Å². The van der Waals surface area contributed by atoms with E-state index in [4.69, 9.17) is 4.74 Å². The van der Waals surface area contributed by atoms with Crippen molar-refractivity contribution in [2.45, 2.75) is 44.8 Å². The van der Waals surface area contributed by atoms with Gasteiger partial charge in [-0.2, -0.15) is 0 Å². The molecule has 0 spiro atoms. The largest absolute Gasteiger partial charge is 0.487 e. The topological polar surface area (TPSA) is 29.5 Å². The van der Waals surface area contributed by atoms with Crippen LogP contribution in [0, 0.1) is 5.92 Å². The lowest BCUT2D eigenvalue weighted by molar-refractivity contribution is 0.0123. The Bertz CT molecular complexity index is 302. The van der Waals surface area contributed by atoms with E-state index in [9.17, 15) is 5.11 Å². The zero-order chi connectivity index (χ0) is 11.4. The molecule has 0 aliphatic heterocycles. The van der Waals surface area contributed by atoms with Crippen molar-refractivity contribution in [2.75, 3.05) is 0 Å². The SMILES string of the molecule is CC(O)C(Oc1ccccc1)C1CCCC1. The molecule has 0 saturated heterocycles. The van der Waals surface area contributed by atoms with Crippen LogP contribution in [0.4, 0.5) is 0 Å². The van der Waals surface area contributed by atoms with Crippen molar-refractivity contribution >= 4 is 0 Å². The molecule has 16 heavy (non-hydrogen) atoms. The number of hydrogen-bond acceptors (Lipinski definition) is 2. The van der Waals surface area contributed by atoms with Gasteiger partial charge in [-0.3, -0.25) is 0 Å². The van der Waals surface area contributed by atoms with Crippen molar-refractivity contribution in [3.63, 3.8) is 0 Å². The number of rotatable bonds is 4. The van der Waals surface area contributed by atoms with E-state index in [0.717, 1.165) is 5.75 Å². The van der Waals surface area contributed by atoms with Crippen LogP contribution < -0.4 is 4.74 Å². The Kier molecular flexibility index (Phi) is 3.83. The second-order valence-electron chi connectivity index (χ2n) is 4.68. The quantitative estimate of drug-likeness (QED) is 0.845. The van der Waals surface area contributed by atoms with Crippen LogP contribution in [-0.4, -0.2) is 17.3 Å². The lowest BCUT2D eigenvalue weighted by Gasteiger charge is -2.27. The summed E-state index contributed by atoms with van der Waals surface area (Å²) in [5, 5.41) is 9.81. The highest BCUT2D eigenvalue weighted by Crippen LogP contribution is 2.31. The summed E-state index contributed by atoms with van der Waals surface area (Å²) >= 11 is 0. The highest BCUT2D eigenvalue weighted by molar-refractivity contribution is 5.21. The van der Waals surface area contributed by atoms with E-state index in [0.29, 0.717) is 5.92 Å². The number of aliphatic hydroxyl groups excluding tert-OH is 1. The van der Waals surface area contributed by atoms with Gasteiger partial charge in [-0.15, -0.1) is 0 Å². The van der Waals surface area contributed by atoms with Crippen LogP contribution in [0.25, 0.3) is 0 Å². The van der Waals surface area contributed by atoms with Gasteiger partial charge in [0.05, 0.1) is 6.10 Å². The first-order chi connectivity index (χ1) is 7.77. The van der Waals surface area contributed by atoms with Gasteiger partial charge in [0, 0.05) is 0 Å². The van der Waals surface area contributed by atoms with Crippen LogP contribution in [0.2, 0.25) is 0 Å². The number of hydrogen-bond donors (Lipinski definition) is 1. The number of benzene rings is 1. The molecule has 2 rings (SSSR count). The third-order valence-corrected chi connectivity index (χ3v) is 3.36. The molecule has 1 saturated carbocycles. The van der Waals surface area contributed by atoms with E-state index in [1.54, 1.807) is 0 Å². The van der Waals surface area contributed by atoms with Gasteiger partial charge in [-0.1, -0.05) is 31.0 Å².